The number of nitrogens with zero attached hydrogens (tertiary/aromatic N) is 2. The Bertz CT molecular complexity index is 850. The maximum atomic E-state index is 13.5. The molecule has 0 spiro atoms. The summed E-state index contributed by atoms with van der Waals surface area (Å²) in [6.07, 6.45) is 0. The van der Waals surface area contributed by atoms with Gasteiger partial charge in [0.15, 0.2) is 5.82 Å². The lowest BCUT2D eigenvalue weighted by atomic mass is 10.2. The summed E-state index contributed by atoms with van der Waals surface area (Å²) in [6, 6.07) is 12.8. The van der Waals surface area contributed by atoms with Crippen molar-refractivity contribution in [3.63, 3.8) is 0 Å². The molecule has 0 aliphatic rings. The van der Waals surface area contributed by atoms with E-state index in [2.05, 4.69) is 20.0 Å². The number of rotatable bonds is 6. The van der Waals surface area contributed by atoms with Crippen LogP contribution in [0.2, 0.25) is 0 Å². The van der Waals surface area contributed by atoms with E-state index in [1.807, 2.05) is 30.3 Å². The number of halogens is 2. The van der Waals surface area contributed by atoms with Crippen molar-refractivity contribution in [1.29, 1.82) is 0 Å². The van der Waals surface area contributed by atoms with Gasteiger partial charge < -0.3 is 10.6 Å². The summed E-state index contributed by atoms with van der Waals surface area (Å²) in [6.45, 7) is 0.540. The Labute approximate surface area is 146 Å². The Kier molecular flexibility index (Phi) is 5.30. The standard InChI is InChI=1S/C17H14F2N4OS/c18-12-7-4-8-13(19)14(12)16(24)20-9-10-21-17-22-15(23-25-17)11-5-2-1-3-6-11/h1-8H,9-10H2,(H,20,24)(H,21,22,23). The molecule has 5 nitrogen and oxygen atoms in total. The van der Waals surface area contributed by atoms with E-state index in [0.717, 1.165) is 17.7 Å². The average Bonchev–Trinajstić information content (AvgIpc) is 3.08. The number of benzene rings is 2. The van der Waals surface area contributed by atoms with Crippen LogP contribution in [0.4, 0.5) is 13.9 Å². The fourth-order valence-electron chi connectivity index (χ4n) is 2.15. The van der Waals surface area contributed by atoms with Gasteiger partial charge in [0.05, 0.1) is 0 Å². The van der Waals surface area contributed by atoms with E-state index >= 15 is 0 Å². The molecule has 8 heteroatoms. The Morgan fingerprint density at radius 2 is 1.72 bits per heavy atom. The van der Waals surface area contributed by atoms with Crippen molar-refractivity contribution in [3.8, 4) is 11.4 Å². The van der Waals surface area contributed by atoms with Crippen LogP contribution < -0.4 is 10.6 Å². The van der Waals surface area contributed by atoms with Crippen LogP contribution in [0.3, 0.4) is 0 Å². The second kappa shape index (κ2) is 7.80. The van der Waals surface area contributed by atoms with Crippen LogP contribution >= 0.6 is 11.5 Å². The van der Waals surface area contributed by atoms with E-state index in [-0.39, 0.29) is 6.54 Å². The minimum Gasteiger partial charge on any atom is -0.359 e. The molecule has 0 atom stereocenters. The first-order valence-electron chi connectivity index (χ1n) is 7.50. The quantitative estimate of drug-likeness (QED) is 0.662. The lowest BCUT2D eigenvalue weighted by molar-refractivity contribution is 0.0947. The molecule has 0 saturated heterocycles. The zero-order valence-electron chi connectivity index (χ0n) is 13.0. The van der Waals surface area contributed by atoms with Gasteiger partial charge in [0.25, 0.3) is 5.91 Å². The summed E-state index contributed by atoms with van der Waals surface area (Å²) in [5.74, 6) is -1.95. The van der Waals surface area contributed by atoms with Gasteiger partial charge in [-0.25, -0.2) is 8.78 Å². The molecule has 128 valence electrons. The first-order valence-corrected chi connectivity index (χ1v) is 8.27. The zero-order valence-corrected chi connectivity index (χ0v) is 13.8. The highest BCUT2D eigenvalue weighted by molar-refractivity contribution is 7.09. The van der Waals surface area contributed by atoms with Crippen LogP contribution in [0, 0.1) is 11.6 Å². The topological polar surface area (TPSA) is 66.9 Å². The number of hydrogen-bond donors (Lipinski definition) is 2. The highest BCUT2D eigenvalue weighted by atomic mass is 32.1. The van der Waals surface area contributed by atoms with Gasteiger partial charge in [-0.05, 0) is 12.1 Å². The lowest BCUT2D eigenvalue weighted by Gasteiger charge is -2.07. The van der Waals surface area contributed by atoms with Crippen molar-refractivity contribution in [1.82, 2.24) is 14.7 Å². The minimum absolute atomic E-state index is 0.187. The molecule has 0 saturated carbocycles. The Morgan fingerprint density at radius 3 is 2.44 bits per heavy atom. The number of anilines is 1. The summed E-state index contributed by atoms with van der Waals surface area (Å²) < 4.78 is 31.3. The third-order valence-corrected chi connectivity index (χ3v) is 4.01. The number of aromatic nitrogens is 2. The molecule has 1 aromatic heterocycles. The molecule has 3 aromatic rings. The summed E-state index contributed by atoms with van der Waals surface area (Å²) >= 11 is 1.20. The van der Waals surface area contributed by atoms with Crippen LogP contribution in [0.1, 0.15) is 10.4 Å². The Hall–Kier alpha value is -2.87. The summed E-state index contributed by atoms with van der Waals surface area (Å²) in [4.78, 5) is 16.2. The van der Waals surface area contributed by atoms with Crippen molar-refractivity contribution in [3.05, 3.63) is 65.7 Å². The molecule has 1 heterocycles. The molecule has 3 rings (SSSR count). The van der Waals surface area contributed by atoms with Gasteiger partial charge in [-0.3, -0.25) is 4.79 Å². The second-order valence-corrected chi connectivity index (χ2v) is 5.82. The van der Waals surface area contributed by atoms with Gasteiger partial charge in [-0.1, -0.05) is 36.4 Å². The maximum Gasteiger partial charge on any atom is 0.257 e. The average molecular weight is 360 g/mol. The fraction of sp³-hybridized carbons (Fsp3) is 0.118. The first kappa shape index (κ1) is 17.0. The molecule has 0 aliphatic heterocycles. The first-order chi connectivity index (χ1) is 12.1. The summed E-state index contributed by atoms with van der Waals surface area (Å²) in [5.41, 5.74) is 0.333. The van der Waals surface area contributed by atoms with Gasteiger partial charge in [-0.15, -0.1) is 0 Å². The van der Waals surface area contributed by atoms with Gasteiger partial charge in [0, 0.05) is 30.2 Å². The highest BCUT2D eigenvalue weighted by Gasteiger charge is 2.16. The monoisotopic (exact) mass is 360 g/mol. The van der Waals surface area contributed by atoms with Gasteiger partial charge >= 0.3 is 0 Å². The third-order valence-electron chi connectivity index (χ3n) is 3.33. The number of carbonyl (C=O) groups excluding carboxylic acids is 1. The van der Waals surface area contributed by atoms with E-state index in [0.29, 0.717) is 17.5 Å². The minimum atomic E-state index is -0.887. The predicted molar refractivity (Wildman–Crippen MR) is 92.5 cm³/mol. The van der Waals surface area contributed by atoms with E-state index < -0.39 is 23.1 Å². The molecule has 0 unspecified atom stereocenters. The fourth-order valence-corrected chi connectivity index (χ4v) is 2.76. The Morgan fingerprint density at radius 1 is 1.00 bits per heavy atom. The molecule has 0 fully saturated rings. The van der Waals surface area contributed by atoms with Crippen molar-refractivity contribution in [2.45, 2.75) is 0 Å². The zero-order chi connectivity index (χ0) is 17.6. The van der Waals surface area contributed by atoms with Gasteiger partial charge in [-0.2, -0.15) is 9.36 Å². The Balaban J connectivity index is 1.51. The summed E-state index contributed by atoms with van der Waals surface area (Å²) in [5, 5.41) is 6.08. The summed E-state index contributed by atoms with van der Waals surface area (Å²) in [7, 11) is 0. The van der Waals surface area contributed by atoms with E-state index in [1.54, 1.807) is 0 Å². The molecular formula is C17H14F2N4OS. The molecule has 1 amide bonds. The van der Waals surface area contributed by atoms with E-state index in [4.69, 9.17) is 0 Å². The number of carbonyl (C=O) groups is 1. The second-order valence-electron chi connectivity index (χ2n) is 5.07. The van der Waals surface area contributed by atoms with Crippen LogP contribution in [-0.2, 0) is 0 Å². The smallest absolute Gasteiger partial charge is 0.257 e. The van der Waals surface area contributed by atoms with E-state index in [9.17, 15) is 13.6 Å². The number of nitrogens with one attached hydrogen (secondary N) is 2. The molecule has 0 bridgehead atoms. The molecule has 2 N–H and O–H groups in total. The van der Waals surface area contributed by atoms with E-state index in [1.165, 1.54) is 17.6 Å². The highest BCUT2D eigenvalue weighted by Crippen LogP contribution is 2.20. The molecular weight excluding hydrogens is 346 g/mol. The van der Waals surface area contributed by atoms with Crippen LogP contribution in [-0.4, -0.2) is 28.4 Å². The number of amides is 1. The van der Waals surface area contributed by atoms with Gasteiger partial charge in [0.2, 0.25) is 5.13 Å². The maximum absolute atomic E-state index is 13.5. The van der Waals surface area contributed by atoms with Crippen LogP contribution in [0.25, 0.3) is 11.4 Å². The molecule has 25 heavy (non-hydrogen) atoms. The van der Waals surface area contributed by atoms with Crippen molar-refractivity contribution in [2.24, 2.45) is 0 Å². The van der Waals surface area contributed by atoms with Crippen molar-refractivity contribution < 1.29 is 13.6 Å². The predicted octanol–water partition coefficient (Wildman–Crippen LogP) is 3.33. The molecule has 0 aliphatic carbocycles. The van der Waals surface area contributed by atoms with Crippen molar-refractivity contribution >= 4 is 22.6 Å². The van der Waals surface area contributed by atoms with Gasteiger partial charge in [0.1, 0.15) is 17.2 Å². The number of hydrogen-bond acceptors (Lipinski definition) is 5. The molecule has 2 aromatic carbocycles. The van der Waals surface area contributed by atoms with Crippen molar-refractivity contribution in [2.75, 3.05) is 18.4 Å². The SMILES string of the molecule is O=C(NCCNc1nc(-c2ccccc2)ns1)c1c(F)cccc1F. The molecule has 0 radical (unpaired) electrons. The van der Waals surface area contributed by atoms with Crippen LogP contribution in [0.5, 0.6) is 0 Å². The third kappa shape index (κ3) is 4.16. The normalized spacial score (nSPS) is 10.5. The van der Waals surface area contributed by atoms with Crippen LogP contribution in [0.15, 0.2) is 48.5 Å². The largest absolute Gasteiger partial charge is 0.359 e. The lowest BCUT2D eigenvalue weighted by Crippen LogP contribution is -2.30.